The van der Waals surface area contributed by atoms with Gasteiger partial charge in [0.25, 0.3) is 5.91 Å². The molecule has 1 atom stereocenters. The summed E-state index contributed by atoms with van der Waals surface area (Å²) < 4.78 is 0. The first-order valence-corrected chi connectivity index (χ1v) is 9.24. The Kier molecular flexibility index (Phi) is 5.62. The topological polar surface area (TPSA) is 49.4 Å². The van der Waals surface area contributed by atoms with Crippen LogP contribution in [0.25, 0.3) is 0 Å². The van der Waals surface area contributed by atoms with Crippen molar-refractivity contribution in [1.29, 1.82) is 0 Å². The van der Waals surface area contributed by atoms with Crippen LogP contribution in [0.5, 0.6) is 0 Å². The van der Waals surface area contributed by atoms with Crippen LogP contribution in [0.2, 0.25) is 5.02 Å². The molecule has 4 nitrogen and oxygen atoms in total. The van der Waals surface area contributed by atoms with E-state index >= 15 is 0 Å². The molecule has 136 valence electrons. The van der Waals surface area contributed by atoms with Crippen LogP contribution >= 0.6 is 11.6 Å². The molecule has 1 N–H and O–H groups in total. The summed E-state index contributed by atoms with van der Waals surface area (Å²) in [6.07, 6.45) is 1.62. The number of carbonyl (C=O) groups excluding carboxylic acids is 2. The van der Waals surface area contributed by atoms with Gasteiger partial charge >= 0.3 is 0 Å². The summed E-state index contributed by atoms with van der Waals surface area (Å²) in [5.74, 6) is -0.269. The zero-order valence-corrected chi connectivity index (χ0v) is 15.8. The molecule has 1 aliphatic rings. The monoisotopic (exact) mass is 370 g/mol. The number of carbonyl (C=O) groups is 2. The summed E-state index contributed by atoms with van der Waals surface area (Å²) in [5, 5.41) is 3.61. The van der Waals surface area contributed by atoms with Crippen LogP contribution in [0.15, 0.2) is 42.5 Å². The number of benzene rings is 2. The third-order valence-corrected chi connectivity index (χ3v) is 4.91. The molecule has 1 unspecified atom stereocenters. The van der Waals surface area contributed by atoms with Crippen molar-refractivity contribution in [1.82, 2.24) is 4.90 Å². The molecule has 2 aromatic carbocycles. The van der Waals surface area contributed by atoms with Crippen LogP contribution in [0, 0.1) is 19.8 Å². The molecule has 2 amide bonds. The summed E-state index contributed by atoms with van der Waals surface area (Å²) >= 11 is 5.89. The van der Waals surface area contributed by atoms with Crippen molar-refractivity contribution >= 4 is 29.1 Å². The van der Waals surface area contributed by atoms with Crippen molar-refractivity contribution < 1.29 is 9.59 Å². The SMILES string of the molecule is Cc1cc(C)cc(NC(=O)C2CCCN(C(=O)c3ccc(Cl)cc3)C2)c1. The zero-order valence-electron chi connectivity index (χ0n) is 15.1. The van der Waals surface area contributed by atoms with Crippen LogP contribution in [0.1, 0.15) is 34.3 Å². The van der Waals surface area contributed by atoms with Crippen LogP contribution < -0.4 is 5.32 Å². The number of piperidine rings is 1. The highest BCUT2D eigenvalue weighted by Gasteiger charge is 2.29. The number of amides is 2. The second kappa shape index (κ2) is 7.92. The second-order valence-corrected chi connectivity index (χ2v) is 7.40. The Morgan fingerprint density at radius 2 is 1.73 bits per heavy atom. The molecule has 5 heteroatoms. The highest BCUT2D eigenvalue weighted by atomic mass is 35.5. The number of nitrogens with zero attached hydrogens (tertiary/aromatic N) is 1. The lowest BCUT2D eigenvalue weighted by Gasteiger charge is -2.32. The Balaban J connectivity index is 1.66. The molecule has 0 spiro atoms. The Bertz CT molecular complexity index is 797. The molecule has 2 aromatic rings. The van der Waals surface area contributed by atoms with Gasteiger partial charge in [-0.1, -0.05) is 17.7 Å². The fourth-order valence-electron chi connectivity index (χ4n) is 3.44. The third kappa shape index (κ3) is 4.44. The molecule has 0 bridgehead atoms. The number of hydrogen-bond donors (Lipinski definition) is 1. The van der Waals surface area contributed by atoms with E-state index in [2.05, 4.69) is 11.4 Å². The molecular weight excluding hydrogens is 348 g/mol. The van der Waals surface area contributed by atoms with E-state index in [4.69, 9.17) is 11.6 Å². The van der Waals surface area contributed by atoms with E-state index in [1.165, 1.54) is 0 Å². The molecule has 0 aliphatic carbocycles. The van der Waals surface area contributed by atoms with Crippen molar-refractivity contribution in [2.75, 3.05) is 18.4 Å². The quantitative estimate of drug-likeness (QED) is 0.867. The van der Waals surface area contributed by atoms with E-state index in [1.54, 1.807) is 29.2 Å². The molecule has 26 heavy (non-hydrogen) atoms. The van der Waals surface area contributed by atoms with E-state index in [0.29, 0.717) is 23.7 Å². The average Bonchev–Trinajstić information content (AvgIpc) is 2.61. The minimum absolute atomic E-state index is 0.0244. The van der Waals surface area contributed by atoms with Crippen LogP contribution in [0.4, 0.5) is 5.69 Å². The van der Waals surface area contributed by atoms with Crippen LogP contribution in [0.3, 0.4) is 0 Å². The molecule has 1 heterocycles. The smallest absolute Gasteiger partial charge is 0.253 e. The van der Waals surface area contributed by atoms with Gasteiger partial charge in [-0.25, -0.2) is 0 Å². The van der Waals surface area contributed by atoms with Crippen LogP contribution in [-0.2, 0) is 4.79 Å². The van der Waals surface area contributed by atoms with Crippen molar-refractivity contribution in [2.45, 2.75) is 26.7 Å². The second-order valence-electron chi connectivity index (χ2n) is 6.96. The summed E-state index contributed by atoms with van der Waals surface area (Å²) in [6, 6.07) is 12.9. The number of rotatable bonds is 3. The van der Waals surface area contributed by atoms with Crippen molar-refractivity contribution in [3.05, 3.63) is 64.2 Å². The third-order valence-electron chi connectivity index (χ3n) is 4.66. The fraction of sp³-hybridized carbons (Fsp3) is 0.333. The largest absolute Gasteiger partial charge is 0.338 e. The van der Waals surface area contributed by atoms with Crippen molar-refractivity contribution in [2.24, 2.45) is 5.92 Å². The first kappa shape index (κ1) is 18.5. The van der Waals surface area contributed by atoms with E-state index in [0.717, 1.165) is 29.7 Å². The number of likely N-dealkylation sites (tertiary alicyclic amines) is 1. The standard InChI is InChI=1S/C21H23ClN2O2/c1-14-10-15(2)12-19(11-14)23-20(25)17-4-3-9-24(13-17)21(26)16-5-7-18(22)8-6-16/h5-8,10-12,17H,3-4,9,13H2,1-2H3,(H,23,25). The molecule has 0 saturated carbocycles. The number of hydrogen-bond acceptors (Lipinski definition) is 2. The number of nitrogens with one attached hydrogen (secondary N) is 1. The van der Waals surface area contributed by atoms with Gasteiger partial charge in [0.2, 0.25) is 5.91 Å². The number of aryl methyl sites for hydroxylation is 2. The predicted octanol–water partition coefficient (Wildman–Crippen LogP) is 4.45. The average molecular weight is 371 g/mol. The zero-order chi connectivity index (χ0) is 18.7. The highest BCUT2D eigenvalue weighted by molar-refractivity contribution is 6.30. The maximum Gasteiger partial charge on any atom is 0.253 e. The minimum Gasteiger partial charge on any atom is -0.338 e. The molecular formula is C21H23ClN2O2. The molecule has 0 aromatic heterocycles. The van der Waals surface area contributed by atoms with Gasteiger partial charge < -0.3 is 10.2 Å². The van der Waals surface area contributed by atoms with E-state index in [1.807, 2.05) is 26.0 Å². The van der Waals surface area contributed by atoms with Crippen molar-refractivity contribution in [3.63, 3.8) is 0 Å². The Morgan fingerprint density at radius 3 is 2.38 bits per heavy atom. The maximum absolute atomic E-state index is 12.7. The molecule has 1 fully saturated rings. The van der Waals surface area contributed by atoms with Gasteiger partial charge in [-0.15, -0.1) is 0 Å². The summed E-state index contributed by atoms with van der Waals surface area (Å²) in [6.45, 7) is 5.14. The molecule has 3 rings (SSSR count). The normalized spacial score (nSPS) is 17.0. The highest BCUT2D eigenvalue weighted by Crippen LogP contribution is 2.22. The first-order chi connectivity index (χ1) is 12.4. The van der Waals surface area contributed by atoms with Gasteiger partial charge in [0.05, 0.1) is 5.92 Å². The van der Waals surface area contributed by atoms with Gasteiger partial charge in [-0.3, -0.25) is 9.59 Å². The van der Waals surface area contributed by atoms with Crippen LogP contribution in [-0.4, -0.2) is 29.8 Å². The predicted molar refractivity (Wildman–Crippen MR) is 105 cm³/mol. The van der Waals surface area contributed by atoms with Gasteiger partial charge in [0.1, 0.15) is 0 Å². The maximum atomic E-state index is 12.7. The number of halogens is 1. The molecule has 0 radical (unpaired) electrons. The lowest BCUT2D eigenvalue weighted by atomic mass is 9.96. The van der Waals surface area contributed by atoms with Gasteiger partial charge in [0.15, 0.2) is 0 Å². The molecule has 1 saturated heterocycles. The Hall–Kier alpha value is -2.33. The van der Waals surface area contributed by atoms with E-state index < -0.39 is 0 Å². The van der Waals surface area contributed by atoms with Crippen molar-refractivity contribution in [3.8, 4) is 0 Å². The number of anilines is 1. The summed E-state index contributed by atoms with van der Waals surface area (Å²) in [7, 11) is 0. The Labute approximate surface area is 159 Å². The minimum atomic E-state index is -0.194. The fourth-order valence-corrected chi connectivity index (χ4v) is 3.57. The first-order valence-electron chi connectivity index (χ1n) is 8.86. The lowest BCUT2D eigenvalue weighted by Crippen LogP contribution is -2.43. The van der Waals surface area contributed by atoms with E-state index in [9.17, 15) is 9.59 Å². The van der Waals surface area contributed by atoms with Gasteiger partial charge in [-0.05, 0) is 74.2 Å². The lowest BCUT2D eigenvalue weighted by molar-refractivity contribution is -0.121. The van der Waals surface area contributed by atoms with Gasteiger partial charge in [-0.2, -0.15) is 0 Å². The summed E-state index contributed by atoms with van der Waals surface area (Å²) in [5.41, 5.74) is 3.64. The summed E-state index contributed by atoms with van der Waals surface area (Å²) in [4.78, 5) is 27.1. The molecule has 1 aliphatic heterocycles. The Morgan fingerprint density at radius 1 is 1.08 bits per heavy atom. The van der Waals surface area contributed by atoms with E-state index in [-0.39, 0.29) is 17.7 Å². The van der Waals surface area contributed by atoms with Gasteiger partial charge in [0, 0.05) is 29.4 Å².